The van der Waals surface area contributed by atoms with Crippen LogP contribution in [0.2, 0.25) is 0 Å². The number of amides is 2. The Kier molecular flexibility index (Phi) is 6.50. The summed E-state index contributed by atoms with van der Waals surface area (Å²) in [5.41, 5.74) is 1.34. The van der Waals surface area contributed by atoms with E-state index in [2.05, 4.69) is 5.32 Å². The van der Waals surface area contributed by atoms with Crippen molar-refractivity contribution < 1.29 is 24.2 Å². The summed E-state index contributed by atoms with van der Waals surface area (Å²) >= 11 is 1.39. The highest BCUT2D eigenvalue weighted by Crippen LogP contribution is 2.38. The van der Waals surface area contributed by atoms with Gasteiger partial charge < -0.3 is 24.8 Å². The van der Waals surface area contributed by atoms with Gasteiger partial charge in [-0.2, -0.15) is 0 Å². The maximum Gasteiger partial charge on any atom is 0.261 e. The minimum absolute atomic E-state index is 0.0991. The van der Waals surface area contributed by atoms with Gasteiger partial charge in [-0.25, -0.2) is 0 Å². The first kappa shape index (κ1) is 21.3. The molecule has 31 heavy (non-hydrogen) atoms. The van der Waals surface area contributed by atoms with Crippen molar-refractivity contribution in [1.82, 2.24) is 10.2 Å². The van der Waals surface area contributed by atoms with E-state index >= 15 is 0 Å². The Balaban J connectivity index is 1.64. The first-order chi connectivity index (χ1) is 15.1. The van der Waals surface area contributed by atoms with Gasteiger partial charge in [0.05, 0.1) is 31.7 Å². The van der Waals surface area contributed by atoms with E-state index in [4.69, 9.17) is 14.6 Å². The lowest BCUT2D eigenvalue weighted by Crippen LogP contribution is -2.42. The number of nitrogens with zero attached hydrogens (tertiary/aromatic N) is 1. The molecule has 0 spiro atoms. The van der Waals surface area contributed by atoms with Crippen molar-refractivity contribution in [3.05, 3.63) is 64.5 Å². The van der Waals surface area contributed by atoms with Gasteiger partial charge in [0.25, 0.3) is 11.8 Å². The van der Waals surface area contributed by atoms with Gasteiger partial charge in [0.15, 0.2) is 0 Å². The summed E-state index contributed by atoms with van der Waals surface area (Å²) in [6, 6.07) is 14.9. The Labute approximate surface area is 184 Å². The van der Waals surface area contributed by atoms with E-state index in [1.54, 1.807) is 36.3 Å². The first-order valence-electron chi connectivity index (χ1n) is 10.1. The minimum atomic E-state index is -0.422. The zero-order valence-electron chi connectivity index (χ0n) is 17.2. The molecule has 1 aliphatic rings. The number of hydrogen-bond donors (Lipinski definition) is 2. The van der Waals surface area contributed by atoms with Crippen LogP contribution in [0.15, 0.2) is 48.5 Å². The highest BCUT2D eigenvalue weighted by molar-refractivity contribution is 7.21. The van der Waals surface area contributed by atoms with Crippen LogP contribution in [-0.2, 0) is 4.74 Å². The average Bonchev–Trinajstić information content (AvgIpc) is 3.22. The normalized spacial score (nSPS) is 16.3. The fourth-order valence-corrected chi connectivity index (χ4v) is 4.92. The number of benzene rings is 2. The zero-order valence-corrected chi connectivity index (χ0v) is 18.0. The second-order valence-corrected chi connectivity index (χ2v) is 8.22. The predicted octanol–water partition coefficient (Wildman–Crippen LogP) is 2.85. The molecule has 162 valence electrons. The van der Waals surface area contributed by atoms with E-state index < -0.39 is 6.10 Å². The van der Waals surface area contributed by atoms with Crippen molar-refractivity contribution in [2.24, 2.45) is 0 Å². The molecular weight excluding hydrogens is 416 g/mol. The largest absolute Gasteiger partial charge is 0.497 e. The Hall–Kier alpha value is -2.94. The van der Waals surface area contributed by atoms with Crippen LogP contribution in [0, 0.1) is 0 Å². The number of ether oxygens (including phenoxy) is 2. The summed E-state index contributed by atoms with van der Waals surface area (Å²) in [5.74, 6) is 0.283. The monoisotopic (exact) mass is 440 g/mol. The van der Waals surface area contributed by atoms with Gasteiger partial charge >= 0.3 is 0 Å². The SMILES string of the molecule is COc1cccc(C(=O)N2CCOC(c3c(C(=O)NCCO)sc4ccccc34)C2)c1. The van der Waals surface area contributed by atoms with Gasteiger partial charge in [0.1, 0.15) is 11.9 Å². The van der Waals surface area contributed by atoms with Crippen molar-refractivity contribution >= 4 is 33.2 Å². The second-order valence-electron chi connectivity index (χ2n) is 7.16. The predicted molar refractivity (Wildman–Crippen MR) is 119 cm³/mol. The molecule has 3 aromatic rings. The molecule has 2 aromatic carbocycles. The lowest BCUT2D eigenvalue weighted by Gasteiger charge is -2.33. The lowest BCUT2D eigenvalue weighted by molar-refractivity contribution is -0.0222. The molecule has 1 fully saturated rings. The summed E-state index contributed by atoms with van der Waals surface area (Å²) in [7, 11) is 1.57. The maximum atomic E-state index is 13.1. The summed E-state index contributed by atoms with van der Waals surface area (Å²) in [5, 5.41) is 12.8. The van der Waals surface area contributed by atoms with E-state index in [1.165, 1.54) is 11.3 Å². The molecule has 1 aliphatic heterocycles. The van der Waals surface area contributed by atoms with Crippen LogP contribution in [0.25, 0.3) is 10.1 Å². The van der Waals surface area contributed by atoms with E-state index in [-0.39, 0.29) is 25.0 Å². The first-order valence-corrected chi connectivity index (χ1v) is 10.9. The molecule has 2 heterocycles. The molecule has 1 atom stereocenters. The van der Waals surface area contributed by atoms with Gasteiger partial charge in [-0.05, 0) is 29.7 Å². The molecule has 1 unspecified atom stereocenters. The highest BCUT2D eigenvalue weighted by atomic mass is 32.1. The lowest BCUT2D eigenvalue weighted by atomic mass is 10.0. The number of rotatable bonds is 6. The summed E-state index contributed by atoms with van der Waals surface area (Å²) < 4.78 is 12.3. The van der Waals surface area contributed by atoms with Gasteiger partial charge in [-0.3, -0.25) is 9.59 Å². The molecule has 0 radical (unpaired) electrons. The van der Waals surface area contributed by atoms with Crippen LogP contribution in [0.5, 0.6) is 5.75 Å². The molecule has 2 N–H and O–H groups in total. The Bertz CT molecular complexity index is 1100. The molecule has 1 saturated heterocycles. The fraction of sp³-hybridized carbons (Fsp3) is 0.304. The van der Waals surface area contributed by atoms with Gasteiger partial charge in [0, 0.05) is 28.9 Å². The standard InChI is InChI=1S/C23H24N2O5S/c1-29-16-6-4-5-15(13-16)23(28)25-10-12-30-18(14-25)20-17-7-2-3-8-19(17)31-21(20)22(27)24-9-11-26/h2-8,13,18,26H,9-12,14H2,1H3,(H,24,27). The Morgan fingerprint density at radius 1 is 1.26 bits per heavy atom. The smallest absolute Gasteiger partial charge is 0.261 e. The van der Waals surface area contributed by atoms with E-state index in [9.17, 15) is 9.59 Å². The van der Waals surface area contributed by atoms with Crippen LogP contribution in [0.4, 0.5) is 0 Å². The fourth-order valence-electron chi connectivity index (χ4n) is 3.75. The number of fused-ring (bicyclic) bond motifs is 1. The van der Waals surface area contributed by atoms with Gasteiger partial charge in [-0.15, -0.1) is 11.3 Å². The van der Waals surface area contributed by atoms with Crippen molar-refractivity contribution in [3.8, 4) is 5.75 Å². The molecule has 1 aromatic heterocycles. The van der Waals surface area contributed by atoms with Gasteiger partial charge in [0.2, 0.25) is 0 Å². The molecule has 8 heteroatoms. The minimum Gasteiger partial charge on any atom is -0.497 e. The number of aliphatic hydroxyl groups excluding tert-OH is 1. The topological polar surface area (TPSA) is 88.1 Å². The van der Waals surface area contributed by atoms with E-state index in [0.717, 1.165) is 15.6 Å². The number of methoxy groups -OCH3 is 1. The molecule has 0 saturated carbocycles. The van der Waals surface area contributed by atoms with Crippen molar-refractivity contribution in [3.63, 3.8) is 0 Å². The third-order valence-electron chi connectivity index (χ3n) is 5.23. The Morgan fingerprint density at radius 2 is 2.10 bits per heavy atom. The molecule has 0 aliphatic carbocycles. The quantitative estimate of drug-likeness (QED) is 0.615. The number of thiophene rings is 1. The number of nitrogens with one attached hydrogen (secondary N) is 1. The zero-order chi connectivity index (χ0) is 21.8. The third-order valence-corrected chi connectivity index (χ3v) is 6.42. The van der Waals surface area contributed by atoms with Crippen LogP contribution in [-0.4, -0.2) is 61.8 Å². The maximum absolute atomic E-state index is 13.1. The van der Waals surface area contributed by atoms with E-state index in [0.29, 0.717) is 35.9 Å². The molecule has 4 rings (SSSR count). The third kappa shape index (κ3) is 4.41. The number of aliphatic hydroxyl groups is 1. The number of carbonyl (C=O) groups is 2. The molecule has 2 amide bonds. The van der Waals surface area contributed by atoms with Crippen LogP contribution >= 0.6 is 11.3 Å². The Morgan fingerprint density at radius 3 is 2.90 bits per heavy atom. The van der Waals surface area contributed by atoms with Crippen molar-refractivity contribution in [2.75, 3.05) is 40.0 Å². The van der Waals surface area contributed by atoms with Crippen molar-refractivity contribution in [1.29, 1.82) is 0 Å². The van der Waals surface area contributed by atoms with E-state index in [1.807, 2.05) is 24.3 Å². The van der Waals surface area contributed by atoms with Gasteiger partial charge in [-0.1, -0.05) is 24.3 Å². The van der Waals surface area contributed by atoms with Crippen LogP contribution in [0.3, 0.4) is 0 Å². The number of hydrogen-bond acceptors (Lipinski definition) is 6. The molecular formula is C23H24N2O5S. The second kappa shape index (κ2) is 9.47. The van der Waals surface area contributed by atoms with Crippen LogP contribution < -0.4 is 10.1 Å². The number of carbonyl (C=O) groups excluding carboxylic acids is 2. The highest BCUT2D eigenvalue weighted by Gasteiger charge is 2.31. The average molecular weight is 441 g/mol. The number of morpholine rings is 1. The summed E-state index contributed by atoms with van der Waals surface area (Å²) in [4.78, 5) is 28.2. The van der Waals surface area contributed by atoms with Crippen molar-refractivity contribution in [2.45, 2.75) is 6.10 Å². The molecule has 7 nitrogen and oxygen atoms in total. The summed E-state index contributed by atoms with van der Waals surface area (Å²) in [6.45, 7) is 1.24. The molecule has 0 bridgehead atoms. The van der Waals surface area contributed by atoms with Crippen LogP contribution in [0.1, 0.15) is 31.7 Å². The summed E-state index contributed by atoms with van der Waals surface area (Å²) in [6.07, 6.45) is -0.422.